The molecule has 0 bridgehead atoms. The summed E-state index contributed by atoms with van der Waals surface area (Å²) in [6.45, 7) is 9.03. The Kier molecular flexibility index (Phi) is 5.44. The van der Waals surface area contributed by atoms with Crippen molar-refractivity contribution in [1.82, 2.24) is 10.2 Å². The van der Waals surface area contributed by atoms with E-state index in [-0.39, 0.29) is 17.2 Å². The fourth-order valence-electron chi connectivity index (χ4n) is 3.22. The van der Waals surface area contributed by atoms with Crippen LogP contribution in [0.1, 0.15) is 77.2 Å². The molecule has 0 aromatic carbocycles. The number of rotatable bonds is 8. The number of amides is 2. The lowest BCUT2D eigenvalue weighted by atomic mass is 9.96. The predicted octanol–water partition coefficient (Wildman–Crippen LogP) is 3.84. The number of carbonyl (C=O) groups excluding carboxylic acids is 2. The summed E-state index contributed by atoms with van der Waals surface area (Å²) in [7, 11) is 0. The van der Waals surface area contributed by atoms with Crippen molar-refractivity contribution in [3.8, 4) is 0 Å². The fraction of sp³-hybridized carbons (Fsp3) is 0.714. The summed E-state index contributed by atoms with van der Waals surface area (Å²) in [5.41, 5.74) is -0.389. The molecule has 5 heteroatoms. The first kappa shape index (κ1) is 19.0. The highest BCUT2D eigenvalue weighted by Crippen LogP contribution is 2.47. The van der Waals surface area contributed by atoms with Crippen LogP contribution in [0.5, 0.6) is 0 Å². The van der Waals surface area contributed by atoms with E-state index in [9.17, 15) is 9.59 Å². The van der Waals surface area contributed by atoms with Crippen molar-refractivity contribution in [2.75, 3.05) is 6.54 Å². The van der Waals surface area contributed by atoms with Crippen LogP contribution in [0.3, 0.4) is 0 Å². The summed E-state index contributed by atoms with van der Waals surface area (Å²) in [5, 5.41) is 2.91. The minimum atomic E-state index is -0.389. The van der Waals surface area contributed by atoms with Gasteiger partial charge in [0.15, 0.2) is 0 Å². The summed E-state index contributed by atoms with van der Waals surface area (Å²) < 4.78 is 5.98. The first-order valence-electron chi connectivity index (χ1n) is 9.92. The van der Waals surface area contributed by atoms with Crippen LogP contribution in [0.15, 0.2) is 16.5 Å². The van der Waals surface area contributed by atoms with Gasteiger partial charge in [-0.2, -0.15) is 0 Å². The second-order valence-electron chi connectivity index (χ2n) is 8.99. The lowest BCUT2D eigenvalue weighted by Gasteiger charge is -2.22. The van der Waals surface area contributed by atoms with Crippen molar-refractivity contribution < 1.29 is 14.0 Å². The molecule has 26 heavy (non-hydrogen) atoms. The molecule has 0 spiro atoms. The zero-order valence-electron chi connectivity index (χ0n) is 16.5. The van der Waals surface area contributed by atoms with Crippen LogP contribution >= 0.6 is 0 Å². The Morgan fingerprint density at radius 2 is 1.96 bits per heavy atom. The van der Waals surface area contributed by atoms with Gasteiger partial charge in [0.1, 0.15) is 11.5 Å². The van der Waals surface area contributed by atoms with Crippen molar-refractivity contribution in [3.63, 3.8) is 0 Å². The third-order valence-electron chi connectivity index (χ3n) is 5.33. The summed E-state index contributed by atoms with van der Waals surface area (Å²) in [5.74, 6) is 3.44. The standard InChI is InChI=1S/C21H32N2O3/c1-14-12-17(14)18-10-9-16(26-18)13-23(15-7-8-15)19(24)6-5-11-22-20(25)21(2,3)4/h9-10,14-15,17H,5-8,11-13H2,1-4H3,(H,22,25). The smallest absolute Gasteiger partial charge is 0.225 e. The van der Waals surface area contributed by atoms with E-state index in [4.69, 9.17) is 4.42 Å². The number of carbonyl (C=O) groups is 2. The van der Waals surface area contributed by atoms with Gasteiger partial charge in [0.2, 0.25) is 11.8 Å². The second kappa shape index (κ2) is 7.45. The zero-order valence-corrected chi connectivity index (χ0v) is 16.5. The fourth-order valence-corrected chi connectivity index (χ4v) is 3.22. The van der Waals surface area contributed by atoms with Gasteiger partial charge in [-0.15, -0.1) is 0 Å². The highest BCUT2D eigenvalue weighted by molar-refractivity contribution is 5.81. The third-order valence-corrected chi connectivity index (χ3v) is 5.33. The van der Waals surface area contributed by atoms with E-state index in [0.29, 0.717) is 37.9 Å². The van der Waals surface area contributed by atoms with Gasteiger partial charge in [-0.05, 0) is 43.7 Å². The van der Waals surface area contributed by atoms with Gasteiger partial charge in [0, 0.05) is 30.3 Å². The molecule has 144 valence electrons. The van der Waals surface area contributed by atoms with Gasteiger partial charge in [0.05, 0.1) is 6.54 Å². The lowest BCUT2D eigenvalue weighted by molar-refractivity contribution is -0.133. The third kappa shape index (κ3) is 4.89. The van der Waals surface area contributed by atoms with Gasteiger partial charge in [0.25, 0.3) is 0 Å². The van der Waals surface area contributed by atoms with Crippen molar-refractivity contribution in [1.29, 1.82) is 0 Å². The van der Waals surface area contributed by atoms with E-state index in [2.05, 4.69) is 18.3 Å². The Labute approximate surface area is 156 Å². The summed E-state index contributed by atoms with van der Waals surface area (Å²) in [6, 6.07) is 4.45. The summed E-state index contributed by atoms with van der Waals surface area (Å²) >= 11 is 0. The molecular weight excluding hydrogens is 328 g/mol. The molecule has 2 saturated carbocycles. The van der Waals surface area contributed by atoms with E-state index >= 15 is 0 Å². The second-order valence-corrected chi connectivity index (χ2v) is 8.99. The Morgan fingerprint density at radius 3 is 2.54 bits per heavy atom. The average molecular weight is 360 g/mol. The molecule has 2 aliphatic carbocycles. The quantitative estimate of drug-likeness (QED) is 0.717. The van der Waals surface area contributed by atoms with Crippen molar-refractivity contribution >= 4 is 11.8 Å². The molecule has 3 rings (SSSR count). The Balaban J connectivity index is 1.46. The van der Waals surface area contributed by atoms with Crippen LogP contribution in [-0.2, 0) is 16.1 Å². The molecule has 2 amide bonds. The Hall–Kier alpha value is -1.78. The average Bonchev–Trinajstić information content (AvgIpc) is 3.48. The van der Waals surface area contributed by atoms with E-state index in [1.807, 2.05) is 31.7 Å². The van der Waals surface area contributed by atoms with Gasteiger partial charge >= 0.3 is 0 Å². The molecule has 0 aliphatic heterocycles. The van der Waals surface area contributed by atoms with E-state index < -0.39 is 0 Å². The van der Waals surface area contributed by atoms with E-state index in [1.165, 1.54) is 6.42 Å². The molecule has 1 aromatic rings. The monoisotopic (exact) mass is 360 g/mol. The highest BCUT2D eigenvalue weighted by Gasteiger charge is 2.37. The van der Waals surface area contributed by atoms with Crippen molar-refractivity contribution in [2.45, 2.75) is 78.3 Å². The van der Waals surface area contributed by atoms with Crippen LogP contribution in [0.25, 0.3) is 0 Å². The molecule has 5 nitrogen and oxygen atoms in total. The normalized spacial score (nSPS) is 22.2. The molecule has 0 saturated heterocycles. The van der Waals surface area contributed by atoms with Gasteiger partial charge in [-0.3, -0.25) is 9.59 Å². The van der Waals surface area contributed by atoms with Crippen LogP contribution in [0, 0.1) is 11.3 Å². The maximum atomic E-state index is 12.6. The topological polar surface area (TPSA) is 62.6 Å². The zero-order chi connectivity index (χ0) is 18.9. The molecular formula is C21H32N2O3. The molecule has 2 aliphatic rings. The predicted molar refractivity (Wildman–Crippen MR) is 101 cm³/mol. The molecule has 2 unspecified atom stereocenters. The summed E-state index contributed by atoms with van der Waals surface area (Å²) in [6.07, 6.45) is 4.51. The lowest BCUT2D eigenvalue weighted by Crippen LogP contribution is -2.36. The molecule has 1 heterocycles. The number of nitrogens with zero attached hydrogens (tertiary/aromatic N) is 1. The Bertz CT molecular complexity index is 654. The minimum absolute atomic E-state index is 0.0291. The number of hydrogen-bond acceptors (Lipinski definition) is 3. The van der Waals surface area contributed by atoms with E-state index in [1.54, 1.807) is 0 Å². The first-order chi connectivity index (χ1) is 12.3. The highest BCUT2D eigenvalue weighted by atomic mass is 16.3. The van der Waals surface area contributed by atoms with Gasteiger partial charge < -0.3 is 14.6 Å². The van der Waals surface area contributed by atoms with E-state index in [0.717, 1.165) is 30.3 Å². The molecule has 2 atom stereocenters. The van der Waals surface area contributed by atoms with Crippen LogP contribution in [-0.4, -0.2) is 29.3 Å². The van der Waals surface area contributed by atoms with Crippen molar-refractivity contribution in [2.24, 2.45) is 11.3 Å². The van der Waals surface area contributed by atoms with Crippen molar-refractivity contribution in [3.05, 3.63) is 23.7 Å². The summed E-state index contributed by atoms with van der Waals surface area (Å²) in [4.78, 5) is 26.5. The largest absolute Gasteiger partial charge is 0.464 e. The minimum Gasteiger partial charge on any atom is -0.464 e. The SMILES string of the molecule is CC1CC1c1ccc(CN(C(=O)CCCNC(=O)C(C)(C)C)C2CC2)o1. The molecule has 2 fully saturated rings. The van der Waals surface area contributed by atoms with Crippen LogP contribution in [0.2, 0.25) is 0 Å². The molecule has 0 radical (unpaired) electrons. The molecule has 1 N–H and O–H groups in total. The number of furan rings is 1. The van der Waals surface area contributed by atoms with Gasteiger partial charge in [-0.1, -0.05) is 27.7 Å². The van der Waals surface area contributed by atoms with Crippen LogP contribution in [0.4, 0.5) is 0 Å². The van der Waals surface area contributed by atoms with Gasteiger partial charge in [-0.25, -0.2) is 0 Å². The first-order valence-corrected chi connectivity index (χ1v) is 9.92. The number of nitrogens with one attached hydrogen (secondary N) is 1. The van der Waals surface area contributed by atoms with Crippen LogP contribution < -0.4 is 5.32 Å². The maximum Gasteiger partial charge on any atom is 0.225 e. The maximum absolute atomic E-state index is 12.6. The Morgan fingerprint density at radius 1 is 1.27 bits per heavy atom. The number of hydrogen-bond donors (Lipinski definition) is 1. The molecule has 1 aromatic heterocycles.